The summed E-state index contributed by atoms with van der Waals surface area (Å²) in [7, 11) is 0. The molecule has 0 aromatic heterocycles. The van der Waals surface area contributed by atoms with Crippen LogP contribution in [0.2, 0.25) is 5.02 Å². The summed E-state index contributed by atoms with van der Waals surface area (Å²) in [5.74, 6) is -0.672. The molecule has 1 amide bonds. The number of primary amides is 1. The van der Waals surface area contributed by atoms with Crippen molar-refractivity contribution in [1.29, 1.82) is 0 Å². The number of nitro benzene ring substituents is 1. The molecule has 3 rings (SSSR count). The predicted molar refractivity (Wildman–Crippen MR) is 81.8 cm³/mol. The summed E-state index contributed by atoms with van der Waals surface area (Å²) in [5.41, 5.74) is 4.78. The Morgan fingerprint density at radius 2 is 2.35 bits per heavy atom. The lowest BCUT2D eigenvalue weighted by Gasteiger charge is -2.55. The van der Waals surface area contributed by atoms with Gasteiger partial charge in [-0.3, -0.25) is 19.8 Å². The molecule has 2 aliphatic rings. The van der Waals surface area contributed by atoms with Gasteiger partial charge in [-0.1, -0.05) is 11.6 Å². The highest BCUT2D eigenvalue weighted by atomic mass is 35.5. The van der Waals surface area contributed by atoms with Gasteiger partial charge in [0.25, 0.3) is 5.69 Å². The number of ether oxygens (including phenoxy) is 2. The molecule has 8 nitrogen and oxygen atoms in total. The van der Waals surface area contributed by atoms with Crippen LogP contribution >= 0.6 is 11.6 Å². The zero-order chi connectivity index (χ0) is 16.6. The first-order valence-electron chi connectivity index (χ1n) is 7.23. The molecule has 23 heavy (non-hydrogen) atoms. The minimum Gasteiger partial charge on any atom is -0.492 e. The highest BCUT2D eigenvalue weighted by Gasteiger charge is 2.46. The van der Waals surface area contributed by atoms with Crippen molar-refractivity contribution in [3.8, 4) is 5.75 Å². The Kier molecular flexibility index (Phi) is 4.38. The Morgan fingerprint density at radius 3 is 2.87 bits per heavy atom. The van der Waals surface area contributed by atoms with Gasteiger partial charge in [-0.15, -0.1) is 0 Å². The van der Waals surface area contributed by atoms with Gasteiger partial charge in [-0.05, 0) is 12.5 Å². The van der Waals surface area contributed by atoms with E-state index in [-0.39, 0.29) is 16.3 Å². The van der Waals surface area contributed by atoms with Crippen LogP contribution in [0.4, 0.5) is 5.69 Å². The highest BCUT2D eigenvalue weighted by molar-refractivity contribution is 6.34. The normalized spacial score (nSPS) is 22.7. The molecule has 124 valence electrons. The Bertz CT molecular complexity index is 654. The second-order valence-corrected chi connectivity index (χ2v) is 5.94. The fraction of sp³-hybridized carbons (Fsp3) is 0.500. The number of nitrogens with two attached hydrogens (primary N) is 1. The molecule has 2 saturated heterocycles. The monoisotopic (exact) mass is 341 g/mol. The molecule has 0 spiro atoms. The summed E-state index contributed by atoms with van der Waals surface area (Å²) < 4.78 is 10.8. The third-order valence-electron chi connectivity index (χ3n) is 4.14. The Balaban J connectivity index is 1.59. The third kappa shape index (κ3) is 3.10. The number of hydrogen-bond donors (Lipinski definition) is 1. The fourth-order valence-corrected chi connectivity index (χ4v) is 2.96. The predicted octanol–water partition coefficient (Wildman–Crippen LogP) is 1.20. The van der Waals surface area contributed by atoms with Crippen molar-refractivity contribution in [1.82, 2.24) is 4.90 Å². The van der Waals surface area contributed by atoms with Crippen LogP contribution in [0.25, 0.3) is 0 Å². The van der Waals surface area contributed by atoms with E-state index in [1.54, 1.807) is 0 Å². The number of carbonyl (C=O) groups is 1. The molecule has 0 bridgehead atoms. The first-order valence-corrected chi connectivity index (χ1v) is 7.61. The van der Waals surface area contributed by atoms with Gasteiger partial charge >= 0.3 is 0 Å². The van der Waals surface area contributed by atoms with Gasteiger partial charge in [0, 0.05) is 24.7 Å². The summed E-state index contributed by atoms with van der Waals surface area (Å²) in [6, 6.07) is 2.91. The van der Waals surface area contributed by atoms with Gasteiger partial charge in [-0.2, -0.15) is 0 Å². The fourth-order valence-electron chi connectivity index (χ4n) is 2.73. The van der Waals surface area contributed by atoms with Crippen LogP contribution in [0.3, 0.4) is 0 Å². The molecule has 2 aliphatic heterocycles. The molecular weight excluding hydrogens is 326 g/mol. The number of rotatable bonds is 7. The van der Waals surface area contributed by atoms with E-state index in [0.29, 0.717) is 18.8 Å². The Labute approximate surface area is 137 Å². The van der Waals surface area contributed by atoms with Gasteiger partial charge in [0.1, 0.15) is 5.75 Å². The largest absolute Gasteiger partial charge is 0.492 e. The standard InChI is InChI=1S/C14H16ClN3O5/c15-13-9(18(20)21)4-8(14(16)19)5-11(13)22-3-1-2-17-6-12-10(17)7-23-12/h4-5,10,12H,1-3,6-7H2,(H2,16,19)/t10?,12-/m1/s1. The lowest BCUT2D eigenvalue weighted by atomic mass is 9.95. The number of nitrogens with zero attached hydrogens (tertiary/aromatic N) is 2. The number of benzene rings is 1. The molecule has 1 aromatic carbocycles. The minimum absolute atomic E-state index is 0.00620. The van der Waals surface area contributed by atoms with E-state index < -0.39 is 16.5 Å². The van der Waals surface area contributed by atoms with Gasteiger partial charge in [0.2, 0.25) is 5.91 Å². The van der Waals surface area contributed by atoms with Crippen LogP contribution in [-0.4, -0.2) is 54.2 Å². The molecular formula is C14H16ClN3O5. The molecule has 2 atom stereocenters. The summed E-state index contributed by atoms with van der Waals surface area (Å²) >= 11 is 5.97. The van der Waals surface area contributed by atoms with Gasteiger partial charge in [-0.25, -0.2) is 0 Å². The second kappa shape index (κ2) is 6.31. The molecule has 9 heteroatoms. The maximum Gasteiger partial charge on any atom is 0.292 e. The molecule has 1 unspecified atom stereocenters. The van der Waals surface area contributed by atoms with Crippen molar-refractivity contribution < 1.29 is 19.2 Å². The van der Waals surface area contributed by atoms with Crippen LogP contribution < -0.4 is 10.5 Å². The minimum atomic E-state index is -0.772. The van der Waals surface area contributed by atoms with Crippen molar-refractivity contribution in [3.63, 3.8) is 0 Å². The maximum absolute atomic E-state index is 11.3. The van der Waals surface area contributed by atoms with E-state index >= 15 is 0 Å². The Hall–Kier alpha value is -1.90. The third-order valence-corrected chi connectivity index (χ3v) is 4.52. The van der Waals surface area contributed by atoms with Crippen molar-refractivity contribution in [2.75, 3.05) is 26.3 Å². The smallest absolute Gasteiger partial charge is 0.292 e. The lowest BCUT2D eigenvalue weighted by molar-refractivity contribution is -0.384. The van der Waals surface area contributed by atoms with E-state index in [1.807, 2.05) is 0 Å². The van der Waals surface area contributed by atoms with Gasteiger partial charge in [0.05, 0.1) is 30.3 Å². The topological polar surface area (TPSA) is 108 Å². The average Bonchev–Trinajstić information content (AvgIpc) is 2.48. The van der Waals surface area contributed by atoms with Crippen LogP contribution in [0.5, 0.6) is 5.75 Å². The van der Waals surface area contributed by atoms with E-state index in [9.17, 15) is 14.9 Å². The van der Waals surface area contributed by atoms with E-state index in [1.165, 1.54) is 6.07 Å². The van der Waals surface area contributed by atoms with Crippen LogP contribution in [0, 0.1) is 10.1 Å². The summed E-state index contributed by atoms with van der Waals surface area (Å²) in [6.07, 6.45) is 1.13. The molecule has 0 saturated carbocycles. The number of carbonyl (C=O) groups excluding carboxylic acids is 1. The number of hydrogen-bond acceptors (Lipinski definition) is 6. The molecule has 2 N–H and O–H groups in total. The summed E-state index contributed by atoms with van der Waals surface area (Å²) in [4.78, 5) is 23.9. The van der Waals surface area contributed by atoms with Crippen molar-refractivity contribution in [2.24, 2.45) is 5.73 Å². The average molecular weight is 342 g/mol. The summed E-state index contributed by atoms with van der Waals surface area (Å²) in [6.45, 7) is 2.92. The molecule has 2 fully saturated rings. The first-order chi connectivity index (χ1) is 11.0. The molecule has 1 aromatic rings. The van der Waals surface area contributed by atoms with Crippen LogP contribution in [0.1, 0.15) is 16.8 Å². The van der Waals surface area contributed by atoms with Gasteiger partial charge in [0.15, 0.2) is 5.02 Å². The zero-order valence-electron chi connectivity index (χ0n) is 12.2. The van der Waals surface area contributed by atoms with Crippen molar-refractivity contribution in [2.45, 2.75) is 18.6 Å². The quantitative estimate of drug-likeness (QED) is 0.453. The highest BCUT2D eigenvalue weighted by Crippen LogP contribution is 2.35. The summed E-state index contributed by atoms with van der Waals surface area (Å²) in [5, 5.41) is 10.9. The second-order valence-electron chi connectivity index (χ2n) is 5.56. The number of amides is 1. The first kappa shape index (κ1) is 16.0. The number of fused-ring (bicyclic) bond motifs is 1. The van der Waals surface area contributed by atoms with E-state index in [0.717, 1.165) is 32.2 Å². The van der Waals surface area contributed by atoms with Crippen molar-refractivity contribution >= 4 is 23.2 Å². The molecule has 0 radical (unpaired) electrons. The number of halogens is 1. The molecule has 0 aliphatic carbocycles. The Morgan fingerprint density at radius 1 is 1.57 bits per heavy atom. The van der Waals surface area contributed by atoms with Crippen molar-refractivity contribution in [3.05, 3.63) is 32.8 Å². The maximum atomic E-state index is 11.3. The number of nitro groups is 1. The van der Waals surface area contributed by atoms with Crippen LogP contribution in [-0.2, 0) is 4.74 Å². The molecule has 2 heterocycles. The number of likely N-dealkylation sites (tertiary alicyclic amines) is 1. The van der Waals surface area contributed by atoms with E-state index in [4.69, 9.17) is 26.8 Å². The van der Waals surface area contributed by atoms with Gasteiger partial charge < -0.3 is 15.2 Å². The SMILES string of the molecule is NC(=O)c1cc(OCCCN2C[C@H]3OCC32)c(Cl)c([N+](=O)[O-])c1. The number of morpholine rings is 1. The van der Waals surface area contributed by atoms with E-state index in [2.05, 4.69) is 4.90 Å². The zero-order valence-corrected chi connectivity index (χ0v) is 13.0. The lowest BCUT2D eigenvalue weighted by Crippen LogP contribution is -2.70. The van der Waals surface area contributed by atoms with Crippen LogP contribution in [0.15, 0.2) is 12.1 Å².